The van der Waals surface area contributed by atoms with E-state index in [-0.39, 0.29) is 35.1 Å². The third-order valence-electron chi connectivity index (χ3n) is 6.70. The molecule has 10 heteroatoms. The Kier molecular flexibility index (Phi) is 6.28. The standard InChI is InChI=1S/C24H28FN5O3S/c1-26-22-15-33-24-9-21(25)23(8-20(24)19(22)7-16-5-3-2-4-6-16)30-13-17(14-30)10-29-34(31,32)18-11-27-28-12-18/h2-6,8-9,11-12,17,19,22,26,29H,7,10,13-15H2,1H3,(H,27,28). The third-order valence-corrected chi connectivity index (χ3v) is 8.09. The number of hydrogen-bond donors (Lipinski definition) is 3. The molecule has 0 spiro atoms. The van der Waals surface area contributed by atoms with E-state index in [0.717, 1.165) is 12.0 Å². The molecule has 180 valence electrons. The number of likely N-dealkylation sites (N-methyl/N-ethyl adjacent to an activating group) is 1. The Morgan fingerprint density at radius 1 is 1.24 bits per heavy atom. The molecule has 0 radical (unpaired) electrons. The molecule has 3 heterocycles. The second kappa shape index (κ2) is 9.36. The van der Waals surface area contributed by atoms with Crippen LogP contribution in [0.25, 0.3) is 0 Å². The van der Waals surface area contributed by atoms with Crippen LogP contribution in [-0.4, -0.2) is 57.9 Å². The van der Waals surface area contributed by atoms with Gasteiger partial charge >= 0.3 is 0 Å². The number of nitrogens with one attached hydrogen (secondary N) is 3. The van der Waals surface area contributed by atoms with Crippen molar-refractivity contribution < 1.29 is 17.5 Å². The Balaban J connectivity index is 1.30. The Morgan fingerprint density at radius 3 is 2.74 bits per heavy atom. The highest BCUT2D eigenvalue weighted by atomic mass is 32.2. The molecule has 34 heavy (non-hydrogen) atoms. The summed E-state index contributed by atoms with van der Waals surface area (Å²) in [6, 6.07) is 13.8. The summed E-state index contributed by atoms with van der Waals surface area (Å²) < 4.78 is 48.1. The van der Waals surface area contributed by atoms with Crippen molar-refractivity contribution in [2.75, 3.05) is 38.2 Å². The topological polar surface area (TPSA) is 99.3 Å². The molecule has 8 nitrogen and oxygen atoms in total. The average Bonchev–Trinajstić information content (AvgIpc) is 3.35. The van der Waals surface area contributed by atoms with E-state index in [0.29, 0.717) is 31.1 Å². The number of fused-ring (bicyclic) bond motifs is 1. The Bertz CT molecular complexity index is 1230. The lowest BCUT2D eigenvalue weighted by Crippen LogP contribution is -2.52. The maximum absolute atomic E-state index is 15.0. The van der Waals surface area contributed by atoms with Crippen molar-refractivity contribution in [1.82, 2.24) is 20.2 Å². The first kappa shape index (κ1) is 22.8. The summed E-state index contributed by atoms with van der Waals surface area (Å²) in [6.07, 6.45) is 3.43. The Morgan fingerprint density at radius 2 is 2.03 bits per heavy atom. The van der Waals surface area contributed by atoms with Crippen LogP contribution in [0.4, 0.5) is 10.1 Å². The van der Waals surface area contributed by atoms with Crippen LogP contribution in [0.3, 0.4) is 0 Å². The zero-order valence-corrected chi connectivity index (χ0v) is 19.7. The highest BCUT2D eigenvalue weighted by Gasteiger charge is 2.35. The van der Waals surface area contributed by atoms with Gasteiger partial charge in [-0.05, 0) is 25.1 Å². The number of halogens is 1. The quantitative estimate of drug-likeness (QED) is 0.453. The van der Waals surface area contributed by atoms with Crippen LogP contribution < -0.4 is 19.7 Å². The van der Waals surface area contributed by atoms with Gasteiger partial charge in [0.15, 0.2) is 0 Å². The maximum Gasteiger partial charge on any atom is 0.243 e. The normalized spacial score (nSPS) is 20.5. The van der Waals surface area contributed by atoms with Gasteiger partial charge in [-0.15, -0.1) is 0 Å². The van der Waals surface area contributed by atoms with Crippen molar-refractivity contribution in [3.05, 3.63) is 71.8 Å². The minimum atomic E-state index is -3.60. The molecule has 0 amide bonds. The van der Waals surface area contributed by atoms with Crippen LogP contribution in [0.15, 0.2) is 59.8 Å². The predicted molar refractivity (Wildman–Crippen MR) is 127 cm³/mol. The van der Waals surface area contributed by atoms with Gasteiger partial charge in [0.25, 0.3) is 0 Å². The van der Waals surface area contributed by atoms with Crippen LogP contribution >= 0.6 is 0 Å². The van der Waals surface area contributed by atoms with E-state index in [1.54, 1.807) is 0 Å². The molecule has 5 rings (SSSR count). The van der Waals surface area contributed by atoms with E-state index >= 15 is 4.39 Å². The van der Waals surface area contributed by atoms with Crippen LogP contribution in [0, 0.1) is 11.7 Å². The molecule has 2 aromatic carbocycles. The number of aromatic amines is 1. The summed E-state index contributed by atoms with van der Waals surface area (Å²) >= 11 is 0. The summed E-state index contributed by atoms with van der Waals surface area (Å²) in [7, 11) is -1.67. The summed E-state index contributed by atoms with van der Waals surface area (Å²) in [4.78, 5) is 2.06. The fraction of sp³-hybridized carbons (Fsp3) is 0.375. The molecule has 2 aliphatic rings. The molecule has 2 unspecified atom stereocenters. The fourth-order valence-corrected chi connectivity index (χ4v) is 5.75. The van der Waals surface area contributed by atoms with E-state index in [1.807, 2.05) is 36.2 Å². The van der Waals surface area contributed by atoms with Gasteiger partial charge in [-0.2, -0.15) is 5.10 Å². The van der Waals surface area contributed by atoms with E-state index in [9.17, 15) is 8.42 Å². The van der Waals surface area contributed by atoms with Gasteiger partial charge in [0.2, 0.25) is 10.0 Å². The monoisotopic (exact) mass is 485 g/mol. The van der Waals surface area contributed by atoms with Gasteiger partial charge in [0, 0.05) is 55.3 Å². The second-order valence-corrected chi connectivity index (χ2v) is 10.7. The van der Waals surface area contributed by atoms with E-state index in [1.165, 1.54) is 24.0 Å². The number of nitrogens with zero attached hydrogens (tertiary/aromatic N) is 2. The maximum atomic E-state index is 15.0. The number of ether oxygens (including phenoxy) is 1. The molecule has 1 aromatic heterocycles. The summed E-state index contributed by atoms with van der Waals surface area (Å²) in [5, 5.41) is 9.54. The Labute approximate surface area is 198 Å². The summed E-state index contributed by atoms with van der Waals surface area (Å²) in [6.45, 7) is 1.92. The molecule has 2 atom stereocenters. The van der Waals surface area contributed by atoms with E-state index < -0.39 is 10.0 Å². The van der Waals surface area contributed by atoms with Crippen LogP contribution in [0.5, 0.6) is 5.75 Å². The number of anilines is 1. The third kappa shape index (κ3) is 4.53. The molecular formula is C24H28FN5O3S. The number of aromatic nitrogens is 2. The Hall–Kier alpha value is -2.95. The molecule has 0 bridgehead atoms. The van der Waals surface area contributed by atoms with Crippen LogP contribution in [0.2, 0.25) is 0 Å². The van der Waals surface area contributed by atoms with Crippen molar-refractivity contribution in [3.8, 4) is 5.75 Å². The number of benzene rings is 2. The van der Waals surface area contributed by atoms with Crippen LogP contribution in [0.1, 0.15) is 17.0 Å². The van der Waals surface area contributed by atoms with Gasteiger partial charge in [-0.3, -0.25) is 5.10 Å². The lowest BCUT2D eigenvalue weighted by Gasteiger charge is -2.42. The molecule has 0 saturated carbocycles. The van der Waals surface area contributed by atoms with Crippen molar-refractivity contribution >= 4 is 15.7 Å². The second-order valence-electron chi connectivity index (χ2n) is 8.90. The first-order chi connectivity index (χ1) is 16.4. The SMILES string of the molecule is CNC1COc2cc(F)c(N3CC(CNS(=O)(=O)c4cn[nH]c4)C3)cc2C1Cc1ccccc1. The number of H-pyrrole nitrogens is 1. The molecular weight excluding hydrogens is 457 g/mol. The van der Waals surface area contributed by atoms with E-state index in [2.05, 4.69) is 32.4 Å². The smallest absolute Gasteiger partial charge is 0.243 e. The first-order valence-corrected chi connectivity index (χ1v) is 12.8. The lowest BCUT2D eigenvalue weighted by molar-refractivity contribution is 0.217. The van der Waals surface area contributed by atoms with Gasteiger partial charge in [0.05, 0.1) is 11.9 Å². The zero-order valence-electron chi connectivity index (χ0n) is 18.9. The number of hydrogen-bond acceptors (Lipinski definition) is 6. The number of sulfonamides is 1. The average molecular weight is 486 g/mol. The number of rotatable bonds is 8. The van der Waals surface area contributed by atoms with Gasteiger partial charge in [-0.1, -0.05) is 30.3 Å². The van der Waals surface area contributed by atoms with Gasteiger partial charge in [0.1, 0.15) is 23.1 Å². The molecule has 1 fully saturated rings. The predicted octanol–water partition coefficient (Wildman–Crippen LogP) is 2.27. The van der Waals surface area contributed by atoms with E-state index in [4.69, 9.17) is 4.74 Å². The fourth-order valence-electron chi connectivity index (χ4n) is 4.73. The largest absolute Gasteiger partial charge is 0.492 e. The minimum absolute atomic E-state index is 0.0959. The van der Waals surface area contributed by atoms with Crippen molar-refractivity contribution in [2.45, 2.75) is 23.3 Å². The molecule has 3 N–H and O–H groups in total. The van der Waals surface area contributed by atoms with Crippen molar-refractivity contribution in [2.24, 2.45) is 5.92 Å². The molecule has 3 aromatic rings. The highest BCUT2D eigenvalue weighted by Crippen LogP contribution is 2.41. The highest BCUT2D eigenvalue weighted by molar-refractivity contribution is 7.89. The summed E-state index contributed by atoms with van der Waals surface area (Å²) in [5.74, 6) is 0.518. The summed E-state index contributed by atoms with van der Waals surface area (Å²) in [5.41, 5.74) is 2.75. The molecule has 0 aliphatic carbocycles. The first-order valence-electron chi connectivity index (χ1n) is 11.4. The minimum Gasteiger partial charge on any atom is -0.492 e. The molecule has 1 saturated heterocycles. The molecule has 2 aliphatic heterocycles. The lowest BCUT2D eigenvalue weighted by atomic mass is 9.83. The van der Waals surface area contributed by atoms with Crippen molar-refractivity contribution in [1.29, 1.82) is 0 Å². The van der Waals surface area contributed by atoms with Crippen LogP contribution in [-0.2, 0) is 16.4 Å². The van der Waals surface area contributed by atoms with Gasteiger partial charge in [-0.25, -0.2) is 17.5 Å². The van der Waals surface area contributed by atoms with Gasteiger partial charge < -0.3 is 15.0 Å². The zero-order chi connectivity index (χ0) is 23.7. The van der Waals surface area contributed by atoms with Crippen molar-refractivity contribution in [3.63, 3.8) is 0 Å².